The summed E-state index contributed by atoms with van der Waals surface area (Å²) >= 11 is 0. The Hall–Kier alpha value is -2.23. The highest BCUT2D eigenvalue weighted by atomic mass is 16.6. The van der Waals surface area contributed by atoms with Gasteiger partial charge in [0.05, 0.1) is 0 Å². The molecule has 0 saturated carbocycles. The van der Waals surface area contributed by atoms with Crippen LogP contribution in [0.4, 0.5) is 10.5 Å². The fourth-order valence-corrected chi connectivity index (χ4v) is 2.89. The van der Waals surface area contributed by atoms with E-state index in [1.54, 1.807) is 4.90 Å². The van der Waals surface area contributed by atoms with Gasteiger partial charge in [-0.3, -0.25) is 0 Å². The Bertz CT molecular complexity index is 706. The van der Waals surface area contributed by atoms with Gasteiger partial charge in [0.1, 0.15) is 5.60 Å². The number of nitrogens with zero attached hydrogens (tertiary/aromatic N) is 1. The molecule has 122 valence electrons. The van der Waals surface area contributed by atoms with E-state index in [4.69, 9.17) is 4.74 Å². The molecule has 3 rings (SSSR count). The summed E-state index contributed by atoms with van der Waals surface area (Å²) in [5.41, 5.74) is 0.653. The molecule has 0 unspecified atom stereocenters. The molecule has 1 heterocycles. The van der Waals surface area contributed by atoms with Crippen LogP contribution in [0.15, 0.2) is 42.5 Å². The largest absolute Gasteiger partial charge is 0.444 e. The van der Waals surface area contributed by atoms with Crippen LogP contribution in [0.25, 0.3) is 10.8 Å². The summed E-state index contributed by atoms with van der Waals surface area (Å²) in [6.45, 7) is 7.10. The summed E-state index contributed by atoms with van der Waals surface area (Å²) in [5, 5.41) is 5.99. The van der Waals surface area contributed by atoms with Crippen molar-refractivity contribution < 1.29 is 9.53 Å². The molecule has 1 amide bonds. The molecule has 23 heavy (non-hydrogen) atoms. The molecule has 1 saturated heterocycles. The Morgan fingerprint density at radius 3 is 2.65 bits per heavy atom. The number of rotatable bonds is 2. The third kappa shape index (κ3) is 3.95. The lowest BCUT2D eigenvalue weighted by atomic mass is 10.1. The summed E-state index contributed by atoms with van der Waals surface area (Å²) < 4.78 is 5.44. The summed E-state index contributed by atoms with van der Waals surface area (Å²) in [5.74, 6) is 0. The van der Waals surface area contributed by atoms with Gasteiger partial charge in [-0.1, -0.05) is 30.3 Å². The first-order valence-electron chi connectivity index (χ1n) is 8.14. The van der Waals surface area contributed by atoms with Crippen molar-refractivity contribution in [2.24, 2.45) is 0 Å². The number of nitrogens with one attached hydrogen (secondary N) is 1. The monoisotopic (exact) mass is 312 g/mol. The highest BCUT2D eigenvalue weighted by molar-refractivity contribution is 5.85. The predicted molar refractivity (Wildman–Crippen MR) is 93.8 cm³/mol. The fraction of sp³-hybridized carbons (Fsp3) is 0.421. The van der Waals surface area contributed by atoms with Gasteiger partial charge in [0.15, 0.2) is 0 Å². The molecule has 0 aliphatic carbocycles. The van der Waals surface area contributed by atoms with E-state index in [-0.39, 0.29) is 12.1 Å². The quantitative estimate of drug-likeness (QED) is 0.901. The Morgan fingerprint density at radius 2 is 1.91 bits per heavy atom. The predicted octanol–water partition coefficient (Wildman–Crippen LogP) is 4.26. The highest BCUT2D eigenvalue weighted by Gasteiger charge is 2.29. The Balaban J connectivity index is 1.61. The molecule has 4 heteroatoms. The molecule has 2 aromatic rings. The molecule has 0 spiro atoms. The van der Waals surface area contributed by atoms with Crippen LogP contribution in [0.3, 0.4) is 0 Å². The van der Waals surface area contributed by atoms with Gasteiger partial charge in [-0.25, -0.2) is 4.79 Å². The van der Waals surface area contributed by atoms with Crippen molar-refractivity contribution in [3.05, 3.63) is 42.5 Å². The number of carbonyl (C=O) groups excluding carboxylic acids is 1. The van der Waals surface area contributed by atoms with E-state index in [0.717, 1.165) is 18.7 Å². The lowest BCUT2D eigenvalue weighted by molar-refractivity contribution is 0.0293. The molecule has 1 aliphatic heterocycles. The zero-order chi connectivity index (χ0) is 16.4. The van der Waals surface area contributed by atoms with Crippen LogP contribution in [-0.2, 0) is 4.74 Å². The van der Waals surface area contributed by atoms with E-state index in [9.17, 15) is 4.79 Å². The smallest absolute Gasteiger partial charge is 0.410 e. The molecule has 1 atom stereocenters. The number of likely N-dealkylation sites (tertiary alicyclic amines) is 1. The standard InChI is InChI=1S/C19H24N2O2/c1-19(2,3)23-18(22)21-11-10-17(13-21)20-16-9-8-14-6-4-5-7-15(14)12-16/h4-9,12,17,20H,10-11,13H2,1-3H3/t17-/m0/s1. The van der Waals surface area contributed by atoms with Gasteiger partial charge >= 0.3 is 6.09 Å². The number of anilines is 1. The van der Waals surface area contributed by atoms with Crippen LogP contribution in [-0.4, -0.2) is 35.7 Å². The Kier molecular flexibility index (Phi) is 4.16. The summed E-state index contributed by atoms with van der Waals surface area (Å²) in [7, 11) is 0. The van der Waals surface area contributed by atoms with Gasteiger partial charge in [-0.15, -0.1) is 0 Å². The second kappa shape index (κ2) is 6.11. The van der Waals surface area contributed by atoms with Crippen molar-refractivity contribution in [1.82, 2.24) is 4.90 Å². The van der Waals surface area contributed by atoms with Crippen LogP contribution >= 0.6 is 0 Å². The van der Waals surface area contributed by atoms with Crippen molar-refractivity contribution in [1.29, 1.82) is 0 Å². The Morgan fingerprint density at radius 1 is 1.17 bits per heavy atom. The maximum Gasteiger partial charge on any atom is 0.410 e. The third-order valence-corrected chi connectivity index (χ3v) is 3.96. The maximum atomic E-state index is 12.1. The van der Waals surface area contributed by atoms with Gasteiger partial charge in [-0.2, -0.15) is 0 Å². The molecule has 0 aromatic heterocycles. The summed E-state index contributed by atoms with van der Waals surface area (Å²) in [6, 6.07) is 15.0. The van der Waals surface area contributed by atoms with Gasteiger partial charge in [0.25, 0.3) is 0 Å². The number of ether oxygens (including phenoxy) is 1. The van der Waals surface area contributed by atoms with E-state index in [2.05, 4.69) is 35.6 Å². The van der Waals surface area contributed by atoms with Crippen LogP contribution in [0, 0.1) is 0 Å². The molecular formula is C19H24N2O2. The second-order valence-electron chi connectivity index (χ2n) is 7.12. The minimum atomic E-state index is -0.444. The SMILES string of the molecule is CC(C)(C)OC(=O)N1CC[C@H](Nc2ccc3ccccc3c2)C1. The average molecular weight is 312 g/mol. The zero-order valence-corrected chi connectivity index (χ0v) is 14.0. The number of carbonyl (C=O) groups is 1. The van der Waals surface area contributed by atoms with Crippen molar-refractivity contribution in [2.75, 3.05) is 18.4 Å². The zero-order valence-electron chi connectivity index (χ0n) is 14.0. The summed E-state index contributed by atoms with van der Waals surface area (Å²) in [6.07, 6.45) is 0.715. The molecule has 1 aliphatic rings. The van der Waals surface area contributed by atoms with E-state index in [1.807, 2.05) is 32.9 Å². The topological polar surface area (TPSA) is 41.6 Å². The second-order valence-corrected chi connectivity index (χ2v) is 7.12. The first-order valence-corrected chi connectivity index (χ1v) is 8.14. The maximum absolute atomic E-state index is 12.1. The van der Waals surface area contributed by atoms with E-state index in [1.165, 1.54) is 10.8 Å². The Labute approximate surface area is 137 Å². The molecule has 1 N–H and O–H groups in total. The number of hydrogen-bond acceptors (Lipinski definition) is 3. The number of hydrogen-bond donors (Lipinski definition) is 1. The third-order valence-electron chi connectivity index (χ3n) is 3.96. The minimum Gasteiger partial charge on any atom is -0.444 e. The van der Waals surface area contributed by atoms with Crippen molar-refractivity contribution >= 4 is 22.6 Å². The van der Waals surface area contributed by atoms with Gasteiger partial charge in [0, 0.05) is 24.8 Å². The summed E-state index contributed by atoms with van der Waals surface area (Å²) in [4.78, 5) is 13.9. The molecule has 2 aromatic carbocycles. The van der Waals surface area contributed by atoms with E-state index < -0.39 is 5.60 Å². The fourth-order valence-electron chi connectivity index (χ4n) is 2.89. The minimum absolute atomic E-state index is 0.222. The van der Waals surface area contributed by atoms with E-state index >= 15 is 0 Å². The highest BCUT2D eigenvalue weighted by Crippen LogP contribution is 2.22. The van der Waals surface area contributed by atoms with Gasteiger partial charge in [-0.05, 0) is 50.1 Å². The van der Waals surface area contributed by atoms with Crippen LogP contribution in [0.2, 0.25) is 0 Å². The number of fused-ring (bicyclic) bond motifs is 1. The molecule has 4 nitrogen and oxygen atoms in total. The van der Waals surface area contributed by atoms with Crippen molar-refractivity contribution in [3.63, 3.8) is 0 Å². The van der Waals surface area contributed by atoms with Gasteiger partial charge < -0.3 is 15.0 Å². The van der Waals surface area contributed by atoms with Gasteiger partial charge in [0.2, 0.25) is 0 Å². The van der Waals surface area contributed by atoms with Crippen LogP contribution in [0.5, 0.6) is 0 Å². The molecule has 1 fully saturated rings. The lowest BCUT2D eigenvalue weighted by Crippen LogP contribution is -2.36. The molecule has 0 radical (unpaired) electrons. The normalized spacial score (nSPS) is 18.2. The molecular weight excluding hydrogens is 288 g/mol. The van der Waals surface area contributed by atoms with Crippen LogP contribution < -0.4 is 5.32 Å². The number of amides is 1. The first kappa shape index (κ1) is 15.7. The lowest BCUT2D eigenvalue weighted by Gasteiger charge is -2.24. The first-order chi connectivity index (χ1) is 10.9. The number of benzene rings is 2. The van der Waals surface area contributed by atoms with E-state index in [0.29, 0.717) is 6.54 Å². The van der Waals surface area contributed by atoms with Crippen molar-refractivity contribution in [3.8, 4) is 0 Å². The average Bonchev–Trinajstić information content (AvgIpc) is 2.94. The van der Waals surface area contributed by atoms with Crippen molar-refractivity contribution in [2.45, 2.75) is 38.8 Å². The van der Waals surface area contributed by atoms with Crippen LogP contribution in [0.1, 0.15) is 27.2 Å². The molecule has 0 bridgehead atoms.